The molecule has 0 aliphatic heterocycles. The van der Waals surface area contributed by atoms with E-state index in [1.165, 1.54) is 0 Å². The molecule has 2 unspecified atom stereocenters. The van der Waals surface area contributed by atoms with Crippen LogP contribution in [-0.4, -0.2) is 11.0 Å². The second-order valence-corrected chi connectivity index (χ2v) is 5.80. The average molecular weight is 284 g/mol. The number of rotatable bonds is 3. The largest absolute Gasteiger partial charge is 0.374 e. The second-order valence-electron chi connectivity index (χ2n) is 5.80. The van der Waals surface area contributed by atoms with Gasteiger partial charge in [-0.2, -0.15) is 0 Å². The van der Waals surface area contributed by atoms with E-state index in [2.05, 4.69) is 19.2 Å². The molecule has 0 radical (unpaired) electrons. The molecule has 0 saturated heterocycles. The van der Waals surface area contributed by atoms with Gasteiger partial charge in [0, 0.05) is 12.1 Å². The van der Waals surface area contributed by atoms with Crippen LogP contribution in [0.5, 0.6) is 0 Å². The summed E-state index contributed by atoms with van der Waals surface area (Å²) in [5, 5.41) is 13.8. The van der Waals surface area contributed by atoms with Crippen molar-refractivity contribution >= 4 is 11.4 Å². The summed E-state index contributed by atoms with van der Waals surface area (Å²) in [6.45, 7) is 4.22. The first-order valence-electron chi connectivity index (χ1n) is 6.76. The molecule has 4 nitrogen and oxygen atoms in total. The van der Waals surface area contributed by atoms with Gasteiger partial charge in [-0.1, -0.05) is 13.8 Å². The minimum atomic E-state index is -0.940. The Labute approximate surface area is 116 Å². The van der Waals surface area contributed by atoms with Crippen molar-refractivity contribution in [1.29, 1.82) is 0 Å². The highest BCUT2D eigenvalue weighted by atomic mass is 19.1. The number of halogens is 2. The fraction of sp³-hybridized carbons (Fsp3) is 0.571. The van der Waals surface area contributed by atoms with Gasteiger partial charge < -0.3 is 5.32 Å². The average Bonchev–Trinajstić information content (AvgIpc) is 2.30. The van der Waals surface area contributed by atoms with E-state index in [1.54, 1.807) is 0 Å². The molecular weight excluding hydrogens is 266 g/mol. The predicted octanol–water partition coefficient (Wildman–Crippen LogP) is 4.11. The third-order valence-electron chi connectivity index (χ3n) is 3.76. The van der Waals surface area contributed by atoms with Crippen LogP contribution in [0.1, 0.15) is 33.1 Å². The highest BCUT2D eigenvalue weighted by Crippen LogP contribution is 2.34. The van der Waals surface area contributed by atoms with Crippen molar-refractivity contribution in [3.63, 3.8) is 0 Å². The van der Waals surface area contributed by atoms with Gasteiger partial charge in [-0.3, -0.25) is 10.1 Å². The van der Waals surface area contributed by atoms with Crippen LogP contribution in [0.15, 0.2) is 12.1 Å². The first kappa shape index (κ1) is 14.7. The van der Waals surface area contributed by atoms with Crippen molar-refractivity contribution < 1.29 is 13.7 Å². The summed E-state index contributed by atoms with van der Waals surface area (Å²) in [4.78, 5) is 10.2. The molecular formula is C14H18F2N2O2. The van der Waals surface area contributed by atoms with E-state index in [9.17, 15) is 18.9 Å². The second kappa shape index (κ2) is 5.73. The van der Waals surface area contributed by atoms with Crippen LogP contribution in [0.25, 0.3) is 0 Å². The zero-order chi connectivity index (χ0) is 14.9. The van der Waals surface area contributed by atoms with Crippen molar-refractivity contribution in [2.24, 2.45) is 11.8 Å². The first-order chi connectivity index (χ1) is 9.36. The van der Waals surface area contributed by atoms with Gasteiger partial charge in [0.05, 0.1) is 11.0 Å². The number of nitro benzene ring substituents is 1. The van der Waals surface area contributed by atoms with Crippen LogP contribution >= 0.6 is 0 Å². The number of benzene rings is 1. The predicted molar refractivity (Wildman–Crippen MR) is 72.6 cm³/mol. The molecule has 1 fully saturated rings. The summed E-state index contributed by atoms with van der Waals surface area (Å²) >= 11 is 0. The quantitative estimate of drug-likeness (QED) is 0.671. The highest BCUT2D eigenvalue weighted by molar-refractivity contribution is 5.63. The minimum absolute atomic E-state index is 0.0209. The molecule has 2 atom stereocenters. The van der Waals surface area contributed by atoms with Crippen LogP contribution in [0.2, 0.25) is 0 Å². The monoisotopic (exact) mass is 284 g/mol. The maximum absolute atomic E-state index is 13.8. The lowest BCUT2D eigenvalue weighted by Gasteiger charge is -2.32. The molecule has 1 saturated carbocycles. The molecule has 0 aromatic heterocycles. The van der Waals surface area contributed by atoms with Crippen LogP contribution in [0.4, 0.5) is 20.2 Å². The third kappa shape index (κ3) is 3.23. The van der Waals surface area contributed by atoms with E-state index in [4.69, 9.17) is 0 Å². The van der Waals surface area contributed by atoms with E-state index in [0.717, 1.165) is 25.3 Å². The molecule has 20 heavy (non-hydrogen) atoms. The number of nitro groups is 1. The van der Waals surface area contributed by atoms with Gasteiger partial charge in [-0.25, -0.2) is 8.78 Å². The highest BCUT2D eigenvalue weighted by Gasteiger charge is 2.28. The summed E-state index contributed by atoms with van der Waals surface area (Å²) in [7, 11) is 0. The molecule has 6 heteroatoms. The lowest BCUT2D eigenvalue weighted by molar-refractivity contribution is -0.384. The van der Waals surface area contributed by atoms with Crippen molar-refractivity contribution in [2.75, 3.05) is 5.32 Å². The van der Waals surface area contributed by atoms with Gasteiger partial charge in [0.15, 0.2) is 5.82 Å². The lowest BCUT2D eigenvalue weighted by atomic mass is 9.80. The molecule has 0 bridgehead atoms. The first-order valence-corrected chi connectivity index (χ1v) is 6.76. The maximum atomic E-state index is 13.8. The Morgan fingerprint density at radius 1 is 1.20 bits per heavy atom. The van der Waals surface area contributed by atoms with E-state index in [-0.39, 0.29) is 11.7 Å². The summed E-state index contributed by atoms with van der Waals surface area (Å²) in [5.41, 5.74) is -0.754. The summed E-state index contributed by atoms with van der Waals surface area (Å²) in [5.74, 6) is -0.884. The molecule has 0 heterocycles. The summed E-state index contributed by atoms with van der Waals surface area (Å²) in [6.07, 6.45) is 2.77. The maximum Gasteiger partial charge on any atom is 0.298 e. The van der Waals surface area contributed by atoms with E-state index < -0.39 is 22.2 Å². The number of hydrogen-bond donors (Lipinski definition) is 1. The molecule has 1 N–H and O–H groups in total. The van der Waals surface area contributed by atoms with Crippen LogP contribution < -0.4 is 5.32 Å². The van der Waals surface area contributed by atoms with E-state index >= 15 is 0 Å². The Hall–Kier alpha value is -1.72. The van der Waals surface area contributed by atoms with Crippen molar-refractivity contribution in [1.82, 2.24) is 0 Å². The molecule has 1 aromatic carbocycles. The van der Waals surface area contributed by atoms with Crippen LogP contribution in [0.3, 0.4) is 0 Å². The van der Waals surface area contributed by atoms with Crippen LogP contribution in [0, 0.1) is 33.6 Å². The Kier molecular flexibility index (Phi) is 4.20. The van der Waals surface area contributed by atoms with Gasteiger partial charge >= 0.3 is 0 Å². The fourth-order valence-electron chi connectivity index (χ4n) is 3.12. The Morgan fingerprint density at radius 2 is 1.80 bits per heavy atom. The Bertz CT molecular complexity index is 512. The number of nitrogens with zero attached hydrogens (tertiary/aromatic N) is 1. The van der Waals surface area contributed by atoms with E-state index in [1.807, 2.05) is 0 Å². The summed E-state index contributed by atoms with van der Waals surface area (Å²) in [6, 6.07) is 1.40. The summed E-state index contributed by atoms with van der Waals surface area (Å²) < 4.78 is 26.9. The SMILES string of the molecule is CC1CC(C)CC(Nc2c(F)cc(F)cc2[N+](=O)[O-])C1. The van der Waals surface area contributed by atoms with E-state index in [0.29, 0.717) is 17.9 Å². The standard InChI is InChI=1S/C14H18F2N2O2/c1-8-3-9(2)5-11(4-8)17-14-12(16)6-10(15)7-13(14)18(19)20/h6-9,11,17H,3-5H2,1-2H3. The third-order valence-corrected chi connectivity index (χ3v) is 3.76. The number of anilines is 1. The molecule has 0 amide bonds. The molecule has 1 aromatic rings. The molecule has 2 rings (SSSR count). The fourth-order valence-corrected chi connectivity index (χ4v) is 3.12. The van der Waals surface area contributed by atoms with Crippen molar-refractivity contribution in [3.8, 4) is 0 Å². The molecule has 110 valence electrons. The molecule has 0 spiro atoms. The number of nitrogens with one attached hydrogen (secondary N) is 1. The van der Waals surface area contributed by atoms with Crippen LogP contribution in [-0.2, 0) is 0 Å². The van der Waals surface area contributed by atoms with Crippen molar-refractivity contribution in [3.05, 3.63) is 33.9 Å². The van der Waals surface area contributed by atoms with Gasteiger partial charge in [-0.05, 0) is 31.1 Å². The zero-order valence-electron chi connectivity index (χ0n) is 11.5. The lowest BCUT2D eigenvalue weighted by Crippen LogP contribution is -2.30. The van der Waals surface area contributed by atoms with Gasteiger partial charge in [0.25, 0.3) is 5.69 Å². The topological polar surface area (TPSA) is 55.2 Å². The molecule has 1 aliphatic carbocycles. The smallest absolute Gasteiger partial charge is 0.298 e. The Balaban J connectivity index is 2.26. The van der Waals surface area contributed by atoms with Gasteiger partial charge in [0.2, 0.25) is 0 Å². The Morgan fingerprint density at radius 3 is 2.35 bits per heavy atom. The van der Waals surface area contributed by atoms with Crippen molar-refractivity contribution in [2.45, 2.75) is 39.2 Å². The molecule has 1 aliphatic rings. The normalized spacial score (nSPS) is 26.3. The van der Waals surface area contributed by atoms with Gasteiger partial charge in [0.1, 0.15) is 11.5 Å². The number of hydrogen-bond acceptors (Lipinski definition) is 3. The minimum Gasteiger partial charge on any atom is -0.374 e. The zero-order valence-corrected chi connectivity index (χ0v) is 11.5. The van der Waals surface area contributed by atoms with Gasteiger partial charge in [-0.15, -0.1) is 0 Å².